The van der Waals surface area contributed by atoms with Crippen LogP contribution in [0.25, 0.3) is 5.69 Å². The largest absolute Gasteiger partial charge is 0.416 e. The Kier molecular flexibility index (Phi) is 5.41. The van der Waals surface area contributed by atoms with Crippen molar-refractivity contribution in [1.82, 2.24) is 25.5 Å². The van der Waals surface area contributed by atoms with Crippen molar-refractivity contribution in [1.29, 1.82) is 0 Å². The van der Waals surface area contributed by atoms with E-state index in [0.717, 1.165) is 12.1 Å². The van der Waals surface area contributed by atoms with E-state index in [0.29, 0.717) is 16.8 Å². The normalized spacial score (nSPS) is 13.2. The summed E-state index contributed by atoms with van der Waals surface area (Å²) in [5.41, 5.74) is 0.0533. The fourth-order valence-corrected chi connectivity index (χ4v) is 2.98. The van der Waals surface area contributed by atoms with Crippen molar-refractivity contribution in [3.8, 4) is 5.69 Å². The summed E-state index contributed by atoms with van der Waals surface area (Å²) in [5, 5.41) is 13.8. The van der Waals surface area contributed by atoms with E-state index in [1.54, 1.807) is 30.3 Å². The zero-order valence-corrected chi connectivity index (χ0v) is 16.1. The molecule has 9 heteroatoms. The molecule has 0 spiro atoms. The van der Waals surface area contributed by atoms with Crippen molar-refractivity contribution in [2.24, 2.45) is 5.41 Å². The molecule has 1 atom stereocenters. The fourth-order valence-electron chi connectivity index (χ4n) is 2.98. The summed E-state index contributed by atoms with van der Waals surface area (Å²) in [4.78, 5) is 12.9. The molecule has 0 fully saturated rings. The molecule has 1 amide bonds. The lowest BCUT2D eigenvalue weighted by molar-refractivity contribution is -0.137. The topological polar surface area (TPSA) is 72.7 Å². The van der Waals surface area contributed by atoms with Gasteiger partial charge in [0, 0.05) is 5.56 Å². The van der Waals surface area contributed by atoms with Gasteiger partial charge in [0.1, 0.15) is 6.33 Å². The first-order valence-electron chi connectivity index (χ1n) is 8.87. The number of alkyl halides is 3. The van der Waals surface area contributed by atoms with E-state index in [-0.39, 0.29) is 0 Å². The van der Waals surface area contributed by atoms with Crippen LogP contribution in [-0.2, 0) is 6.18 Å². The van der Waals surface area contributed by atoms with Gasteiger partial charge in [-0.2, -0.15) is 13.2 Å². The van der Waals surface area contributed by atoms with E-state index < -0.39 is 29.1 Å². The molecular weight excluding hydrogens is 383 g/mol. The molecule has 0 aliphatic heterocycles. The number of carbonyl (C=O) groups is 1. The van der Waals surface area contributed by atoms with Crippen LogP contribution < -0.4 is 5.32 Å². The maximum atomic E-state index is 13.1. The zero-order chi connectivity index (χ0) is 21.2. The molecule has 0 radical (unpaired) electrons. The zero-order valence-electron chi connectivity index (χ0n) is 16.1. The molecule has 3 rings (SSSR count). The molecule has 0 bridgehead atoms. The minimum atomic E-state index is -4.46. The molecule has 6 nitrogen and oxygen atoms in total. The highest BCUT2D eigenvalue weighted by Gasteiger charge is 2.33. The summed E-state index contributed by atoms with van der Waals surface area (Å²) in [5.74, 6) is -0.405. The standard InChI is InChI=1S/C20H20F3N5O/c1-19(2,3)17(13-6-4-8-15(10-13)20(21,22)23)25-18(29)14-7-5-9-16(11-14)28-12-24-26-27-28/h4-12,17H,1-3H3,(H,25,29). The van der Waals surface area contributed by atoms with Crippen LogP contribution in [0.1, 0.15) is 48.3 Å². The van der Waals surface area contributed by atoms with Crippen molar-refractivity contribution in [3.63, 3.8) is 0 Å². The van der Waals surface area contributed by atoms with Crippen molar-refractivity contribution in [2.45, 2.75) is 33.0 Å². The molecule has 1 heterocycles. The first-order valence-corrected chi connectivity index (χ1v) is 8.87. The maximum absolute atomic E-state index is 13.1. The number of tetrazole rings is 1. The Hall–Kier alpha value is -3.23. The average Bonchev–Trinajstić information content (AvgIpc) is 3.19. The second kappa shape index (κ2) is 7.65. The van der Waals surface area contributed by atoms with Crippen LogP contribution in [0.15, 0.2) is 54.9 Å². The molecule has 0 aliphatic rings. The SMILES string of the molecule is CC(C)(C)C(NC(=O)c1cccc(-n2cnnn2)c1)c1cccc(C(F)(F)F)c1. The Morgan fingerprint density at radius 1 is 1.07 bits per heavy atom. The Labute approximate surface area is 165 Å². The van der Waals surface area contributed by atoms with Crippen molar-refractivity contribution in [3.05, 3.63) is 71.5 Å². The van der Waals surface area contributed by atoms with Gasteiger partial charge in [0.25, 0.3) is 5.91 Å². The molecule has 2 aromatic carbocycles. The van der Waals surface area contributed by atoms with E-state index in [1.165, 1.54) is 17.1 Å². The highest BCUT2D eigenvalue weighted by molar-refractivity contribution is 5.95. The maximum Gasteiger partial charge on any atom is 0.416 e. The van der Waals surface area contributed by atoms with Crippen molar-refractivity contribution >= 4 is 5.91 Å². The fraction of sp³-hybridized carbons (Fsp3) is 0.300. The van der Waals surface area contributed by atoms with Gasteiger partial charge >= 0.3 is 6.18 Å². The van der Waals surface area contributed by atoms with Gasteiger partial charge in [-0.15, -0.1) is 5.10 Å². The predicted octanol–water partition coefficient (Wildman–Crippen LogP) is 4.20. The Morgan fingerprint density at radius 2 is 1.79 bits per heavy atom. The van der Waals surface area contributed by atoms with Crippen LogP contribution in [0.5, 0.6) is 0 Å². The number of halogens is 3. The van der Waals surface area contributed by atoms with Crippen LogP contribution in [0.3, 0.4) is 0 Å². The Morgan fingerprint density at radius 3 is 2.41 bits per heavy atom. The van der Waals surface area contributed by atoms with E-state index in [9.17, 15) is 18.0 Å². The van der Waals surface area contributed by atoms with Gasteiger partial charge in [-0.25, -0.2) is 4.68 Å². The average molecular weight is 403 g/mol. The molecule has 1 aromatic heterocycles. The van der Waals surface area contributed by atoms with Crippen LogP contribution >= 0.6 is 0 Å². The number of benzene rings is 2. The molecule has 1 N–H and O–H groups in total. The molecular formula is C20H20F3N5O. The van der Waals surface area contributed by atoms with Crippen molar-refractivity contribution in [2.75, 3.05) is 0 Å². The Balaban J connectivity index is 1.91. The third-order valence-corrected chi connectivity index (χ3v) is 4.41. The van der Waals surface area contributed by atoms with Gasteiger partial charge in [0.15, 0.2) is 0 Å². The number of hydrogen-bond acceptors (Lipinski definition) is 4. The predicted molar refractivity (Wildman–Crippen MR) is 100 cm³/mol. The van der Waals surface area contributed by atoms with Crippen LogP contribution in [0.2, 0.25) is 0 Å². The first kappa shape index (κ1) is 20.5. The third-order valence-electron chi connectivity index (χ3n) is 4.41. The highest BCUT2D eigenvalue weighted by Crippen LogP contribution is 2.36. The number of aromatic nitrogens is 4. The number of nitrogens with one attached hydrogen (secondary N) is 1. The summed E-state index contributed by atoms with van der Waals surface area (Å²) in [6, 6.07) is 11.0. The molecule has 152 valence electrons. The van der Waals surface area contributed by atoms with Crippen LogP contribution in [0, 0.1) is 5.41 Å². The van der Waals surface area contributed by atoms with E-state index in [2.05, 4.69) is 20.8 Å². The Bertz CT molecular complexity index is 994. The molecule has 0 aliphatic carbocycles. The van der Waals surface area contributed by atoms with Gasteiger partial charge in [-0.1, -0.05) is 39.0 Å². The number of nitrogens with zero attached hydrogens (tertiary/aromatic N) is 4. The minimum absolute atomic E-state index is 0.347. The molecule has 3 aromatic rings. The number of carbonyl (C=O) groups excluding carboxylic acids is 1. The van der Waals surface area contributed by atoms with E-state index in [4.69, 9.17) is 0 Å². The van der Waals surface area contributed by atoms with Gasteiger partial charge < -0.3 is 5.32 Å². The van der Waals surface area contributed by atoms with Gasteiger partial charge in [-0.05, 0) is 51.7 Å². The van der Waals surface area contributed by atoms with E-state index >= 15 is 0 Å². The highest BCUT2D eigenvalue weighted by atomic mass is 19.4. The quantitative estimate of drug-likeness (QED) is 0.709. The summed E-state index contributed by atoms with van der Waals surface area (Å²) < 4.78 is 40.8. The summed E-state index contributed by atoms with van der Waals surface area (Å²) >= 11 is 0. The lowest BCUT2D eigenvalue weighted by atomic mass is 9.81. The second-order valence-electron chi connectivity index (χ2n) is 7.70. The number of rotatable bonds is 4. The molecule has 1 unspecified atom stereocenters. The first-order chi connectivity index (χ1) is 13.6. The van der Waals surface area contributed by atoms with Crippen molar-refractivity contribution < 1.29 is 18.0 Å². The minimum Gasteiger partial charge on any atom is -0.345 e. The smallest absolute Gasteiger partial charge is 0.345 e. The van der Waals surface area contributed by atoms with Gasteiger partial charge in [-0.3, -0.25) is 4.79 Å². The summed E-state index contributed by atoms with van der Waals surface area (Å²) in [6.07, 6.45) is -3.06. The lowest BCUT2D eigenvalue weighted by Crippen LogP contribution is -2.36. The van der Waals surface area contributed by atoms with Gasteiger partial charge in [0.2, 0.25) is 0 Å². The number of hydrogen-bond donors (Lipinski definition) is 1. The van der Waals surface area contributed by atoms with Crippen LogP contribution in [0.4, 0.5) is 13.2 Å². The number of amides is 1. The summed E-state index contributed by atoms with van der Waals surface area (Å²) in [6.45, 7) is 5.57. The lowest BCUT2D eigenvalue weighted by Gasteiger charge is -2.32. The van der Waals surface area contributed by atoms with Gasteiger partial charge in [0.05, 0.1) is 17.3 Å². The molecule has 0 saturated carbocycles. The van der Waals surface area contributed by atoms with E-state index in [1.807, 2.05) is 20.8 Å². The summed E-state index contributed by atoms with van der Waals surface area (Å²) in [7, 11) is 0. The molecule has 29 heavy (non-hydrogen) atoms. The second-order valence-corrected chi connectivity index (χ2v) is 7.70. The van der Waals surface area contributed by atoms with Crippen LogP contribution in [-0.4, -0.2) is 26.1 Å². The molecule has 0 saturated heterocycles. The monoisotopic (exact) mass is 403 g/mol. The third kappa shape index (κ3) is 4.79.